The van der Waals surface area contributed by atoms with E-state index in [4.69, 9.17) is 16.9 Å². The van der Waals surface area contributed by atoms with Crippen LogP contribution in [0.1, 0.15) is 54.6 Å². The summed E-state index contributed by atoms with van der Waals surface area (Å²) in [4.78, 5) is 43.6. The normalized spacial score (nSPS) is 13.4. The number of amidine groups is 1. The zero-order valence-electron chi connectivity index (χ0n) is 22.1. The quantitative estimate of drug-likeness (QED) is 0.125. The van der Waals surface area contributed by atoms with E-state index in [1.807, 2.05) is 13.8 Å². The molecule has 1 aromatic heterocycles. The highest BCUT2D eigenvalue weighted by Gasteiger charge is 2.24. The minimum Gasteiger partial charge on any atom is -0.399 e. The molecule has 0 spiro atoms. The number of anilines is 2. The zero-order valence-corrected chi connectivity index (χ0v) is 22.1. The molecule has 11 heteroatoms. The lowest BCUT2D eigenvalue weighted by Gasteiger charge is -2.17. The number of aromatic nitrogens is 2. The topological polar surface area (TPSA) is 181 Å². The largest absolute Gasteiger partial charge is 0.399 e. The SMILES string of the molecule is CCC(C)NC(=O)c1cc(N)cc(-c2cnc(NC3CC3)c(=O)n2CC(=O)NCc2ccc(C(=N)N)cc2)c1. The standard InChI is InChI=1S/C28H34N8O3/c1-3-16(2)34-27(38)20-10-19(11-21(29)12-20)23-14-33-26(35-22-8-9-22)28(39)36(23)15-24(37)32-13-17-4-6-18(7-5-17)25(30)31/h4-7,10-12,14,16,22H,3,8-9,13,15,29H2,1-2H3,(H3,30,31)(H,32,37)(H,33,35)(H,34,38). The summed E-state index contributed by atoms with van der Waals surface area (Å²) in [6, 6.07) is 12.0. The average molecular weight is 531 g/mol. The summed E-state index contributed by atoms with van der Waals surface area (Å²) in [7, 11) is 0. The molecule has 0 aliphatic heterocycles. The van der Waals surface area contributed by atoms with E-state index in [1.54, 1.807) is 42.5 Å². The van der Waals surface area contributed by atoms with E-state index in [-0.39, 0.29) is 48.6 Å². The average Bonchev–Trinajstić information content (AvgIpc) is 3.73. The molecule has 39 heavy (non-hydrogen) atoms. The molecule has 1 aliphatic rings. The molecule has 2 aromatic carbocycles. The predicted molar refractivity (Wildman–Crippen MR) is 152 cm³/mol. The fraction of sp³-hybridized carbons (Fsp3) is 0.321. The van der Waals surface area contributed by atoms with Gasteiger partial charge < -0.3 is 27.4 Å². The molecule has 1 saturated carbocycles. The Morgan fingerprint density at radius 3 is 2.51 bits per heavy atom. The van der Waals surface area contributed by atoms with Crippen molar-refractivity contribution in [1.29, 1.82) is 5.41 Å². The summed E-state index contributed by atoms with van der Waals surface area (Å²) in [5, 5.41) is 16.4. The van der Waals surface area contributed by atoms with Gasteiger partial charge in [-0.15, -0.1) is 0 Å². The first kappa shape index (κ1) is 27.4. The monoisotopic (exact) mass is 530 g/mol. The number of nitrogens with one attached hydrogen (secondary N) is 4. The number of hydrogen-bond acceptors (Lipinski definition) is 7. The number of nitrogens with two attached hydrogens (primary N) is 2. The predicted octanol–water partition coefficient (Wildman–Crippen LogP) is 2.20. The van der Waals surface area contributed by atoms with Crippen LogP contribution in [0.3, 0.4) is 0 Å². The van der Waals surface area contributed by atoms with Gasteiger partial charge in [-0.3, -0.25) is 24.4 Å². The molecule has 11 nitrogen and oxygen atoms in total. The summed E-state index contributed by atoms with van der Waals surface area (Å²) in [6.07, 6.45) is 4.20. The van der Waals surface area contributed by atoms with Gasteiger partial charge in [0.15, 0.2) is 5.82 Å². The van der Waals surface area contributed by atoms with E-state index >= 15 is 0 Å². The van der Waals surface area contributed by atoms with Crippen LogP contribution in [0.15, 0.2) is 53.5 Å². The molecule has 1 atom stereocenters. The van der Waals surface area contributed by atoms with Crippen LogP contribution in [0.5, 0.6) is 0 Å². The van der Waals surface area contributed by atoms with Crippen molar-refractivity contribution in [2.24, 2.45) is 5.73 Å². The van der Waals surface area contributed by atoms with Crippen molar-refractivity contribution < 1.29 is 9.59 Å². The fourth-order valence-corrected chi connectivity index (χ4v) is 3.94. The Bertz CT molecular complexity index is 1440. The van der Waals surface area contributed by atoms with Crippen LogP contribution in [0, 0.1) is 5.41 Å². The van der Waals surface area contributed by atoms with Gasteiger partial charge in [0.1, 0.15) is 12.4 Å². The molecule has 8 N–H and O–H groups in total. The highest BCUT2D eigenvalue weighted by atomic mass is 16.2. The lowest BCUT2D eigenvalue weighted by Crippen LogP contribution is -2.34. The van der Waals surface area contributed by atoms with E-state index in [2.05, 4.69) is 20.9 Å². The molecule has 0 saturated heterocycles. The molecule has 204 valence electrons. The molecule has 0 radical (unpaired) electrons. The number of carbonyl (C=O) groups is 2. The van der Waals surface area contributed by atoms with Gasteiger partial charge in [-0.2, -0.15) is 0 Å². The van der Waals surface area contributed by atoms with Crippen molar-refractivity contribution in [3.05, 3.63) is 75.7 Å². The van der Waals surface area contributed by atoms with Crippen molar-refractivity contribution >= 4 is 29.2 Å². The first-order valence-electron chi connectivity index (χ1n) is 12.9. The molecule has 2 amide bonds. The van der Waals surface area contributed by atoms with Crippen LogP contribution in [0.25, 0.3) is 11.3 Å². The van der Waals surface area contributed by atoms with Crippen molar-refractivity contribution in [2.45, 2.75) is 58.3 Å². The highest BCUT2D eigenvalue weighted by molar-refractivity contribution is 5.97. The van der Waals surface area contributed by atoms with E-state index in [1.165, 1.54) is 10.8 Å². The van der Waals surface area contributed by atoms with Gasteiger partial charge in [-0.05, 0) is 49.9 Å². The molecule has 1 aliphatic carbocycles. The van der Waals surface area contributed by atoms with Crippen LogP contribution in [0.4, 0.5) is 11.5 Å². The third-order valence-electron chi connectivity index (χ3n) is 6.53. The van der Waals surface area contributed by atoms with Gasteiger partial charge in [-0.25, -0.2) is 4.98 Å². The minimum absolute atomic E-state index is 0.0163. The zero-order chi connectivity index (χ0) is 28.1. The molecular weight excluding hydrogens is 496 g/mol. The van der Waals surface area contributed by atoms with Gasteiger partial charge in [0.2, 0.25) is 5.91 Å². The van der Waals surface area contributed by atoms with Crippen LogP contribution < -0.4 is 33.0 Å². The number of benzene rings is 2. The highest BCUT2D eigenvalue weighted by Crippen LogP contribution is 2.25. The Hall–Kier alpha value is -4.67. The molecule has 0 bridgehead atoms. The van der Waals surface area contributed by atoms with Gasteiger partial charge >= 0.3 is 0 Å². The van der Waals surface area contributed by atoms with Gasteiger partial charge in [0.25, 0.3) is 11.5 Å². The number of carbonyl (C=O) groups excluding carboxylic acids is 2. The number of rotatable bonds is 11. The van der Waals surface area contributed by atoms with Crippen molar-refractivity contribution in [1.82, 2.24) is 20.2 Å². The van der Waals surface area contributed by atoms with Crippen LogP contribution in [0.2, 0.25) is 0 Å². The Labute approximate surface area is 226 Å². The lowest BCUT2D eigenvalue weighted by atomic mass is 10.1. The van der Waals surface area contributed by atoms with Crippen molar-refractivity contribution in [3.63, 3.8) is 0 Å². The number of nitrogens with zero attached hydrogens (tertiary/aromatic N) is 2. The van der Waals surface area contributed by atoms with Gasteiger partial charge in [0.05, 0.1) is 11.9 Å². The maximum absolute atomic E-state index is 13.4. The summed E-state index contributed by atoms with van der Waals surface area (Å²) in [5.41, 5.74) is 14.2. The Morgan fingerprint density at radius 1 is 1.15 bits per heavy atom. The first-order valence-corrected chi connectivity index (χ1v) is 12.9. The van der Waals surface area contributed by atoms with Crippen molar-refractivity contribution in [3.8, 4) is 11.3 Å². The molecule has 4 rings (SSSR count). The van der Waals surface area contributed by atoms with E-state index in [9.17, 15) is 14.4 Å². The Morgan fingerprint density at radius 2 is 1.87 bits per heavy atom. The fourth-order valence-electron chi connectivity index (χ4n) is 3.94. The minimum atomic E-state index is -0.437. The van der Waals surface area contributed by atoms with Gasteiger partial charge in [-0.1, -0.05) is 31.2 Å². The Balaban J connectivity index is 1.61. The smallest absolute Gasteiger partial charge is 0.294 e. The van der Waals surface area contributed by atoms with E-state index < -0.39 is 5.56 Å². The van der Waals surface area contributed by atoms with E-state index in [0.717, 1.165) is 24.8 Å². The van der Waals surface area contributed by atoms with E-state index in [0.29, 0.717) is 28.1 Å². The lowest BCUT2D eigenvalue weighted by molar-refractivity contribution is -0.121. The molecule has 1 unspecified atom stereocenters. The third kappa shape index (κ3) is 7.01. The second kappa shape index (κ2) is 11.8. The summed E-state index contributed by atoms with van der Waals surface area (Å²) < 4.78 is 1.34. The third-order valence-corrected chi connectivity index (χ3v) is 6.53. The van der Waals surface area contributed by atoms with Gasteiger partial charge in [0, 0.05) is 41.0 Å². The second-order valence-electron chi connectivity index (χ2n) is 9.82. The second-order valence-corrected chi connectivity index (χ2v) is 9.82. The Kier molecular flexibility index (Phi) is 8.28. The van der Waals surface area contributed by atoms with Crippen molar-refractivity contribution in [2.75, 3.05) is 11.1 Å². The van der Waals surface area contributed by atoms with Crippen LogP contribution in [-0.4, -0.2) is 39.3 Å². The first-order chi connectivity index (χ1) is 18.6. The maximum atomic E-state index is 13.4. The molecular formula is C28H34N8O3. The summed E-state index contributed by atoms with van der Waals surface area (Å²) >= 11 is 0. The molecule has 1 fully saturated rings. The number of hydrogen-bond donors (Lipinski definition) is 6. The maximum Gasteiger partial charge on any atom is 0.294 e. The molecule has 3 aromatic rings. The molecule has 1 heterocycles. The van der Waals surface area contributed by atoms with Crippen LogP contribution in [-0.2, 0) is 17.9 Å². The number of amides is 2. The summed E-state index contributed by atoms with van der Waals surface area (Å²) in [5.74, 6) is -0.517. The summed E-state index contributed by atoms with van der Waals surface area (Å²) in [6.45, 7) is 3.86. The van der Waals surface area contributed by atoms with Crippen LogP contribution >= 0.6 is 0 Å². The number of nitrogen functional groups attached to an aromatic ring is 2.